The largest absolute Gasteiger partial charge is 0.466 e. The Morgan fingerprint density at radius 1 is 0.826 bits per heavy atom. The van der Waals surface area contributed by atoms with Gasteiger partial charge >= 0.3 is 5.97 Å². The molecule has 0 amide bonds. The Hall–Kier alpha value is -0.220. The molecule has 0 saturated heterocycles. The summed E-state index contributed by atoms with van der Waals surface area (Å²) in [5.41, 5.74) is 0. The van der Waals surface area contributed by atoms with E-state index in [1.807, 2.05) is 0 Å². The molecule has 0 bridgehead atoms. The normalized spacial score (nSPS) is 10.9. The summed E-state index contributed by atoms with van der Waals surface area (Å²) in [7, 11) is 0. The first kappa shape index (κ1) is 22.8. The molecule has 0 aromatic heterocycles. The Labute approximate surface area is 148 Å². The highest BCUT2D eigenvalue weighted by Crippen LogP contribution is 2.12. The summed E-state index contributed by atoms with van der Waals surface area (Å²) in [4.78, 5) is 11.4. The number of unbranched alkanes of at least 4 members (excludes halogenated alkanes) is 11. The van der Waals surface area contributed by atoms with Crippen LogP contribution in [-0.4, -0.2) is 35.8 Å². The van der Waals surface area contributed by atoms with Crippen LogP contribution in [-0.2, 0) is 9.53 Å². The van der Waals surface area contributed by atoms with Crippen LogP contribution in [0.2, 0.25) is 0 Å². The Balaban J connectivity index is 3.08. The first-order valence-electron chi connectivity index (χ1n) is 9.65. The van der Waals surface area contributed by atoms with E-state index in [1.165, 1.54) is 70.6 Å². The number of aliphatic hydroxyl groups is 1. The topological polar surface area (TPSA) is 46.5 Å². The van der Waals surface area contributed by atoms with Gasteiger partial charge in [0.15, 0.2) is 0 Å². The first-order chi connectivity index (χ1) is 11.3. The Morgan fingerprint density at radius 2 is 1.35 bits per heavy atom. The van der Waals surface area contributed by atoms with Gasteiger partial charge in [0.2, 0.25) is 0 Å². The van der Waals surface area contributed by atoms with Gasteiger partial charge in [0.25, 0.3) is 0 Å². The molecule has 0 spiro atoms. The predicted molar refractivity (Wildman–Crippen MR) is 101 cm³/mol. The van der Waals surface area contributed by atoms with Gasteiger partial charge in [-0.15, -0.1) is 0 Å². The van der Waals surface area contributed by atoms with E-state index in [-0.39, 0.29) is 12.6 Å². The number of aliphatic hydroxyl groups excluding tert-OH is 1. The second kappa shape index (κ2) is 19.8. The molecule has 23 heavy (non-hydrogen) atoms. The summed E-state index contributed by atoms with van der Waals surface area (Å²) in [5, 5.41) is 8.63. The van der Waals surface area contributed by atoms with Crippen molar-refractivity contribution in [1.82, 2.24) is 0 Å². The van der Waals surface area contributed by atoms with Crippen LogP contribution in [0.4, 0.5) is 0 Å². The lowest BCUT2D eigenvalue weighted by Crippen LogP contribution is -2.07. The molecule has 0 atom stereocenters. The molecule has 0 fully saturated rings. The third-order valence-corrected chi connectivity index (χ3v) is 4.91. The highest BCUT2D eigenvalue weighted by Gasteiger charge is 2.02. The van der Waals surface area contributed by atoms with E-state index >= 15 is 0 Å². The highest BCUT2D eigenvalue weighted by molar-refractivity contribution is 7.99. The van der Waals surface area contributed by atoms with E-state index in [9.17, 15) is 4.79 Å². The third-order valence-electron chi connectivity index (χ3n) is 3.95. The van der Waals surface area contributed by atoms with Crippen molar-refractivity contribution < 1.29 is 14.6 Å². The van der Waals surface area contributed by atoms with Crippen LogP contribution < -0.4 is 0 Å². The van der Waals surface area contributed by atoms with Gasteiger partial charge < -0.3 is 9.84 Å². The van der Waals surface area contributed by atoms with Crippen molar-refractivity contribution in [2.45, 2.75) is 90.4 Å². The number of carbonyl (C=O) groups excluding carboxylic acids is 1. The van der Waals surface area contributed by atoms with E-state index in [4.69, 9.17) is 9.84 Å². The monoisotopic (exact) mass is 346 g/mol. The van der Waals surface area contributed by atoms with Gasteiger partial charge in [-0.2, -0.15) is 11.8 Å². The molecule has 0 aromatic carbocycles. The summed E-state index contributed by atoms with van der Waals surface area (Å²) in [6.45, 7) is 3.01. The van der Waals surface area contributed by atoms with Crippen LogP contribution in [0.25, 0.3) is 0 Å². The van der Waals surface area contributed by atoms with Gasteiger partial charge in [-0.1, -0.05) is 77.6 Å². The molecular formula is C19H38O3S. The van der Waals surface area contributed by atoms with Gasteiger partial charge in [0, 0.05) is 11.5 Å². The molecule has 0 aliphatic heterocycles. The van der Waals surface area contributed by atoms with Gasteiger partial charge in [-0.25, -0.2) is 0 Å². The lowest BCUT2D eigenvalue weighted by atomic mass is 10.1. The van der Waals surface area contributed by atoms with Gasteiger partial charge in [-0.3, -0.25) is 4.79 Å². The molecule has 0 unspecified atom stereocenters. The Morgan fingerprint density at radius 3 is 1.87 bits per heavy atom. The summed E-state index contributed by atoms with van der Waals surface area (Å²) in [6.07, 6.45) is 16.3. The van der Waals surface area contributed by atoms with Crippen molar-refractivity contribution in [3.63, 3.8) is 0 Å². The molecule has 0 aliphatic carbocycles. The number of rotatable bonds is 18. The SMILES string of the molecule is CCCCCCCCCCCCCCOC(=O)CCSCCO. The number of thioether (sulfide) groups is 1. The molecule has 138 valence electrons. The summed E-state index contributed by atoms with van der Waals surface area (Å²) >= 11 is 1.59. The molecular weight excluding hydrogens is 308 g/mol. The van der Waals surface area contributed by atoms with Gasteiger partial charge in [-0.05, 0) is 6.42 Å². The van der Waals surface area contributed by atoms with Crippen molar-refractivity contribution in [2.24, 2.45) is 0 Å². The van der Waals surface area contributed by atoms with Crippen molar-refractivity contribution >= 4 is 17.7 Å². The molecule has 0 rings (SSSR count). The van der Waals surface area contributed by atoms with Crippen LogP contribution in [0.3, 0.4) is 0 Å². The van der Waals surface area contributed by atoms with Crippen LogP contribution in [0, 0.1) is 0 Å². The zero-order valence-electron chi connectivity index (χ0n) is 15.2. The zero-order chi connectivity index (χ0) is 17.0. The van der Waals surface area contributed by atoms with Gasteiger partial charge in [0.1, 0.15) is 0 Å². The molecule has 0 aromatic rings. The summed E-state index contributed by atoms with van der Waals surface area (Å²) < 4.78 is 5.20. The average molecular weight is 347 g/mol. The van der Waals surface area contributed by atoms with Crippen molar-refractivity contribution in [2.75, 3.05) is 24.7 Å². The fourth-order valence-corrected chi connectivity index (χ4v) is 3.17. The minimum Gasteiger partial charge on any atom is -0.466 e. The van der Waals surface area contributed by atoms with E-state index in [2.05, 4.69) is 6.92 Å². The van der Waals surface area contributed by atoms with Crippen LogP contribution in [0.1, 0.15) is 90.4 Å². The minimum absolute atomic E-state index is 0.0986. The average Bonchev–Trinajstić information content (AvgIpc) is 2.56. The molecule has 0 radical (unpaired) electrons. The predicted octanol–water partition coefficient (Wildman–Crippen LogP) is 5.35. The highest BCUT2D eigenvalue weighted by atomic mass is 32.2. The maximum atomic E-state index is 11.4. The number of hydrogen-bond donors (Lipinski definition) is 1. The molecule has 0 heterocycles. The second-order valence-electron chi connectivity index (χ2n) is 6.20. The standard InChI is InChI=1S/C19H38O3S/c1-2-3-4-5-6-7-8-9-10-11-12-13-16-22-19(21)14-17-23-18-15-20/h20H,2-18H2,1H3. The molecule has 4 heteroatoms. The zero-order valence-corrected chi connectivity index (χ0v) is 16.0. The summed E-state index contributed by atoms with van der Waals surface area (Å²) in [5.74, 6) is 1.35. The fraction of sp³-hybridized carbons (Fsp3) is 0.947. The lowest BCUT2D eigenvalue weighted by Gasteiger charge is -2.05. The van der Waals surface area contributed by atoms with Crippen molar-refractivity contribution in [1.29, 1.82) is 0 Å². The first-order valence-corrected chi connectivity index (χ1v) is 10.8. The van der Waals surface area contributed by atoms with Crippen LogP contribution in [0.15, 0.2) is 0 Å². The molecule has 1 N–H and O–H groups in total. The van der Waals surface area contributed by atoms with E-state index in [0.717, 1.165) is 12.2 Å². The molecule has 0 saturated carbocycles. The Kier molecular flexibility index (Phi) is 19.6. The number of carbonyl (C=O) groups is 1. The maximum Gasteiger partial charge on any atom is 0.306 e. The number of hydrogen-bond acceptors (Lipinski definition) is 4. The van der Waals surface area contributed by atoms with Crippen molar-refractivity contribution in [3.8, 4) is 0 Å². The minimum atomic E-state index is -0.0986. The van der Waals surface area contributed by atoms with Crippen molar-refractivity contribution in [3.05, 3.63) is 0 Å². The smallest absolute Gasteiger partial charge is 0.306 e. The molecule has 3 nitrogen and oxygen atoms in total. The van der Waals surface area contributed by atoms with E-state index in [0.29, 0.717) is 18.8 Å². The Bertz CT molecular complexity index is 247. The second-order valence-corrected chi connectivity index (χ2v) is 7.42. The van der Waals surface area contributed by atoms with Crippen LogP contribution >= 0.6 is 11.8 Å². The quantitative estimate of drug-likeness (QED) is 0.268. The fourth-order valence-electron chi connectivity index (χ4n) is 2.52. The maximum absolute atomic E-state index is 11.4. The number of ether oxygens (including phenoxy) is 1. The van der Waals surface area contributed by atoms with Gasteiger partial charge in [0.05, 0.1) is 19.6 Å². The van der Waals surface area contributed by atoms with E-state index in [1.54, 1.807) is 11.8 Å². The number of esters is 1. The van der Waals surface area contributed by atoms with Crippen LogP contribution in [0.5, 0.6) is 0 Å². The third kappa shape index (κ3) is 19.7. The lowest BCUT2D eigenvalue weighted by molar-refractivity contribution is -0.143. The van der Waals surface area contributed by atoms with E-state index < -0.39 is 0 Å². The molecule has 0 aliphatic rings. The summed E-state index contributed by atoms with van der Waals surface area (Å²) in [6, 6.07) is 0.